The van der Waals surface area contributed by atoms with E-state index in [1.807, 2.05) is 0 Å². The molecular formula is C20H41NaO4S. The largest absolute Gasteiger partial charge is 1.00 e. The van der Waals surface area contributed by atoms with Gasteiger partial charge in [-0.25, -0.2) is 0 Å². The zero-order chi connectivity index (χ0) is 19.2. The third kappa shape index (κ3) is 35.7. The van der Waals surface area contributed by atoms with Crippen molar-refractivity contribution in [1.29, 1.82) is 0 Å². The summed E-state index contributed by atoms with van der Waals surface area (Å²) in [5.74, 6) is -0.576. The van der Waals surface area contributed by atoms with Gasteiger partial charge in [0.15, 0.2) is 0 Å². The number of hydrogen-bond donors (Lipinski definition) is 2. The van der Waals surface area contributed by atoms with Crippen LogP contribution in [0.2, 0.25) is 0 Å². The van der Waals surface area contributed by atoms with Gasteiger partial charge in [-0.3, -0.25) is 4.55 Å². The quantitative estimate of drug-likeness (QED) is 0.137. The molecule has 0 aromatic carbocycles. The van der Waals surface area contributed by atoms with Crippen LogP contribution in [0.5, 0.6) is 0 Å². The van der Waals surface area contributed by atoms with Crippen LogP contribution < -0.4 is 29.6 Å². The Kier molecular flexibility index (Phi) is 30.8. The molecule has 152 valence electrons. The van der Waals surface area contributed by atoms with Crippen molar-refractivity contribution in [3.63, 3.8) is 0 Å². The number of aliphatic hydroxyl groups excluding tert-OH is 1. The molecule has 0 rings (SSSR count). The number of allylic oxidation sites excluding steroid dienone is 2. The smallest absolute Gasteiger partial charge is 0.395 e. The van der Waals surface area contributed by atoms with E-state index in [1.165, 1.54) is 83.5 Å². The van der Waals surface area contributed by atoms with Gasteiger partial charge in [-0.2, -0.15) is 14.8 Å². The zero-order valence-corrected chi connectivity index (χ0v) is 20.1. The molecule has 0 heterocycles. The average molecular weight is 401 g/mol. The molecule has 0 aliphatic carbocycles. The third-order valence-corrected chi connectivity index (χ3v) is 4.56. The molecule has 0 saturated carbocycles. The van der Waals surface area contributed by atoms with Crippen LogP contribution in [0.1, 0.15) is 96.8 Å². The van der Waals surface area contributed by atoms with E-state index in [4.69, 9.17) is 9.66 Å². The maximum absolute atomic E-state index is 9.63. The molecule has 0 bridgehead atoms. The van der Waals surface area contributed by atoms with Crippen LogP contribution in [0.3, 0.4) is 0 Å². The first kappa shape index (κ1) is 31.3. The Hall–Kier alpha value is 0.610. The first-order chi connectivity index (χ1) is 12.0. The Bertz CT molecular complexity index is 352. The maximum atomic E-state index is 9.63. The summed E-state index contributed by atoms with van der Waals surface area (Å²) >= 11 is 0. The number of unbranched alkanes of at least 4 members (excludes halogenated alkanes) is 12. The van der Waals surface area contributed by atoms with Crippen molar-refractivity contribution in [3.8, 4) is 0 Å². The summed E-state index contributed by atoms with van der Waals surface area (Å²) in [6, 6.07) is 0. The van der Waals surface area contributed by atoms with E-state index < -0.39 is 22.5 Å². The topological polar surface area (TPSA) is 74.6 Å². The minimum atomic E-state index is -3.92. The van der Waals surface area contributed by atoms with Gasteiger partial charge in [0, 0.05) is 0 Å². The molecule has 0 atom stereocenters. The fourth-order valence-corrected chi connectivity index (χ4v) is 2.59. The van der Waals surface area contributed by atoms with E-state index in [0.717, 1.165) is 6.42 Å². The second kappa shape index (κ2) is 25.6. The summed E-state index contributed by atoms with van der Waals surface area (Å²) in [5.41, 5.74) is 0. The SMILES string of the molecule is O=S(=O)(O)CCO.[CH2-]CCCCCCC/C=C\CCCCCCCC.[Na+]. The minimum absolute atomic E-state index is 0. The Balaban J connectivity index is -0.000000561. The standard InChI is InChI=1S/C18H35.C2H6O4S.Na/c1-3-5-7-9-11-13-15-17-18-16-14-12-10-8-6-4-2;3-1-2-7(4,5)6;/h17-18H,1,3-16H2,2H3;3H,1-2H2,(H,4,5,6);/q-1;;+1/b18-17-;;. The first-order valence-corrected chi connectivity index (χ1v) is 11.6. The van der Waals surface area contributed by atoms with E-state index in [9.17, 15) is 8.42 Å². The van der Waals surface area contributed by atoms with Gasteiger partial charge in [0.2, 0.25) is 0 Å². The van der Waals surface area contributed by atoms with Crippen molar-refractivity contribution in [1.82, 2.24) is 0 Å². The summed E-state index contributed by atoms with van der Waals surface area (Å²) in [7, 11) is -3.92. The van der Waals surface area contributed by atoms with Gasteiger partial charge in [-0.15, -0.1) is 0 Å². The molecule has 2 N–H and O–H groups in total. The van der Waals surface area contributed by atoms with Crippen molar-refractivity contribution in [2.75, 3.05) is 12.4 Å². The van der Waals surface area contributed by atoms with Crippen LogP contribution in [0, 0.1) is 6.92 Å². The minimum Gasteiger partial charge on any atom is -0.395 e. The average Bonchev–Trinajstić information content (AvgIpc) is 2.55. The monoisotopic (exact) mass is 400 g/mol. The molecule has 4 nitrogen and oxygen atoms in total. The summed E-state index contributed by atoms with van der Waals surface area (Å²) in [4.78, 5) is 0. The van der Waals surface area contributed by atoms with E-state index in [0.29, 0.717) is 0 Å². The molecular weight excluding hydrogens is 359 g/mol. The zero-order valence-electron chi connectivity index (χ0n) is 17.3. The molecule has 0 aliphatic heterocycles. The van der Waals surface area contributed by atoms with Crippen LogP contribution in [0.25, 0.3) is 0 Å². The predicted molar refractivity (Wildman–Crippen MR) is 108 cm³/mol. The number of aliphatic hydroxyl groups is 1. The second-order valence-corrected chi connectivity index (χ2v) is 8.02. The molecule has 26 heavy (non-hydrogen) atoms. The van der Waals surface area contributed by atoms with Gasteiger partial charge in [0.1, 0.15) is 0 Å². The number of hydrogen-bond acceptors (Lipinski definition) is 3. The van der Waals surface area contributed by atoms with Crippen LogP contribution in [-0.4, -0.2) is 30.4 Å². The molecule has 0 spiro atoms. The summed E-state index contributed by atoms with van der Waals surface area (Å²) in [6.07, 6.45) is 23.8. The van der Waals surface area contributed by atoms with Crippen LogP contribution in [0.15, 0.2) is 12.2 Å². The normalized spacial score (nSPS) is 11.1. The van der Waals surface area contributed by atoms with Crippen molar-refractivity contribution in [2.24, 2.45) is 0 Å². The van der Waals surface area contributed by atoms with Crippen molar-refractivity contribution >= 4 is 10.1 Å². The fourth-order valence-electron chi connectivity index (χ4n) is 2.36. The molecule has 0 aromatic heterocycles. The van der Waals surface area contributed by atoms with Crippen LogP contribution in [-0.2, 0) is 10.1 Å². The maximum Gasteiger partial charge on any atom is 1.00 e. The van der Waals surface area contributed by atoms with Crippen molar-refractivity contribution in [3.05, 3.63) is 19.1 Å². The first-order valence-electron chi connectivity index (χ1n) is 9.98. The Labute approximate surface area is 185 Å². The van der Waals surface area contributed by atoms with Crippen molar-refractivity contribution < 1.29 is 47.6 Å². The summed E-state index contributed by atoms with van der Waals surface area (Å²) in [6.45, 7) is 5.62. The molecule has 0 unspecified atom stereocenters. The van der Waals surface area contributed by atoms with Gasteiger partial charge in [0.05, 0.1) is 12.4 Å². The molecule has 6 heteroatoms. The molecule has 0 saturated heterocycles. The molecule has 0 amide bonds. The van der Waals surface area contributed by atoms with E-state index >= 15 is 0 Å². The second-order valence-electron chi connectivity index (χ2n) is 6.45. The van der Waals surface area contributed by atoms with Gasteiger partial charge in [0.25, 0.3) is 10.1 Å². The van der Waals surface area contributed by atoms with E-state index in [1.54, 1.807) is 0 Å². The summed E-state index contributed by atoms with van der Waals surface area (Å²) < 4.78 is 27.1. The van der Waals surface area contributed by atoms with Gasteiger partial charge in [-0.1, -0.05) is 76.9 Å². The molecule has 0 fully saturated rings. The van der Waals surface area contributed by atoms with Crippen LogP contribution >= 0.6 is 0 Å². The van der Waals surface area contributed by atoms with Crippen molar-refractivity contribution in [2.45, 2.75) is 96.8 Å². The Morgan fingerprint density at radius 3 is 1.58 bits per heavy atom. The molecule has 0 radical (unpaired) electrons. The van der Waals surface area contributed by atoms with Gasteiger partial charge in [-0.05, 0) is 25.7 Å². The van der Waals surface area contributed by atoms with E-state index in [2.05, 4.69) is 26.0 Å². The van der Waals surface area contributed by atoms with Gasteiger partial charge >= 0.3 is 29.6 Å². The molecule has 0 aromatic rings. The third-order valence-electron chi connectivity index (χ3n) is 3.86. The number of rotatable bonds is 16. The predicted octanol–water partition coefficient (Wildman–Crippen LogP) is 2.73. The van der Waals surface area contributed by atoms with Gasteiger partial charge < -0.3 is 12.0 Å². The fraction of sp³-hybridized carbons (Fsp3) is 0.850. The molecule has 0 aliphatic rings. The Morgan fingerprint density at radius 2 is 1.23 bits per heavy atom. The van der Waals surface area contributed by atoms with E-state index in [-0.39, 0.29) is 29.6 Å². The van der Waals surface area contributed by atoms with Crippen LogP contribution in [0.4, 0.5) is 0 Å². The summed E-state index contributed by atoms with van der Waals surface area (Å²) in [5, 5.41) is 7.86. The Morgan fingerprint density at radius 1 is 0.808 bits per heavy atom.